The van der Waals surface area contributed by atoms with E-state index in [2.05, 4.69) is 0 Å². The normalized spacial score (nSPS) is 14.8. The van der Waals surface area contributed by atoms with Crippen LogP contribution >= 0.6 is 123 Å². The molecule has 0 N–H and O–H groups in total. The van der Waals surface area contributed by atoms with E-state index in [1.165, 1.54) is 165 Å². The van der Waals surface area contributed by atoms with Gasteiger partial charge >= 0.3 is 17.1 Å². The van der Waals surface area contributed by atoms with Crippen LogP contribution in [0.3, 0.4) is 0 Å². The molecular weight excluding hydrogens is 863 g/mol. The Bertz CT molecular complexity index is 2070. The molecule has 41 heavy (non-hydrogen) atoms. The molecule has 0 aromatic carbocycles. The summed E-state index contributed by atoms with van der Waals surface area (Å²) in [5, 5.41) is 9.38. The molecule has 0 fully saturated rings. The molecule has 0 spiro atoms. The molecule has 7 aromatic rings. The van der Waals surface area contributed by atoms with Crippen LogP contribution in [0.4, 0.5) is 0 Å². The monoisotopic (exact) mass is 863 g/mol. The fraction of sp³-hybridized carbons (Fsp3) is 0. The fourth-order valence-electron chi connectivity index (χ4n) is 3.95. The van der Waals surface area contributed by atoms with Gasteiger partial charge in [-0.2, -0.15) is 0 Å². The van der Waals surface area contributed by atoms with Gasteiger partial charge in [-0.05, 0) is 123 Å². The second-order valence-corrected chi connectivity index (χ2v) is 36.4. The Morgan fingerprint density at radius 1 is 0.317 bits per heavy atom. The van der Waals surface area contributed by atoms with Crippen molar-refractivity contribution in [1.82, 2.24) is 39.9 Å². The van der Waals surface area contributed by atoms with Gasteiger partial charge in [-0.3, -0.25) is 0 Å². The molecule has 0 saturated carbocycles. The minimum Gasteiger partial charge on any atom is -0.356 e. The van der Waals surface area contributed by atoms with Crippen LogP contribution in [0.15, 0.2) is 0 Å². The summed E-state index contributed by atoms with van der Waals surface area (Å²) in [7, 11) is 20.5. The van der Waals surface area contributed by atoms with E-state index in [1.807, 2.05) is 0 Å². The molecule has 8 bridgehead atoms. The molecule has 2 aliphatic heterocycles. The van der Waals surface area contributed by atoms with E-state index in [0.717, 1.165) is 45.9 Å². The third-order valence-corrected chi connectivity index (χ3v) is 38.2. The van der Waals surface area contributed by atoms with E-state index in [4.69, 9.17) is 39.9 Å². The van der Waals surface area contributed by atoms with Gasteiger partial charge in [0.15, 0.2) is 0 Å². The fourth-order valence-corrected chi connectivity index (χ4v) is 36.8. The number of hydrogen-bond donors (Lipinski definition) is 0. The summed E-state index contributed by atoms with van der Waals surface area (Å²) in [6, 6.07) is 0. The van der Waals surface area contributed by atoms with Crippen LogP contribution in [0.5, 0.6) is 0 Å². The maximum Gasteiger partial charge on any atom is 2.00 e. The van der Waals surface area contributed by atoms with Gasteiger partial charge in [-0.25, -0.2) is 9.97 Å². The Morgan fingerprint density at radius 2 is 0.561 bits per heavy atom. The standard InChI is InChI=1S/C16N8P16.Cu/c17-9-1-2(26-34-33-25-1)10(17)22-12-5-6(30-38-37-29-5)14(19-12)24-16-8-7(31-39-40-32-8)15(20-16)23-13-4-3(11(18-13)21-9)27-35-36-28-4;/q-2;+2. The predicted octanol–water partition coefficient (Wildman–Crippen LogP) is 15.4. The van der Waals surface area contributed by atoms with Crippen molar-refractivity contribution in [3.05, 3.63) is 0 Å². The summed E-state index contributed by atoms with van der Waals surface area (Å²) < 4.78 is 0. The number of hydrogen-bond acceptors (Lipinski definition) is 6. The maximum atomic E-state index is 5.12. The first-order valence-corrected chi connectivity index (χ1v) is 33.5. The van der Waals surface area contributed by atoms with Gasteiger partial charge < -0.3 is 29.9 Å². The first-order valence-electron chi connectivity index (χ1n) is 10.8. The Morgan fingerprint density at radius 3 is 0.829 bits per heavy atom. The molecular formula is C16CuN8P16. The van der Waals surface area contributed by atoms with Crippen molar-refractivity contribution < 1.29 is 17.1 Å². The Hall–Kier alpha value is 1.64. The number of rotatable bonds is 0. The first-order chi connectivity index (χ1) is 19.8. The van der Waals surface area contributed by atoms with Crippen molar-refractivity contribution in [2.24, 2.45) is 0 Å². The van der Waals surface area contributed by atoms with Gasteiger partial charge in [0.05, 0.1) is 23.3 Å². The molecule has 2 aliphatic rings. The number of nitrogens with zero attached hydrogens (tertiary/aromatic N) is 8. The largest absolute Gasteiger partial charge is 2.00 e. The summed E-state index contributed by atoms with van der Waals surface area (Å²) >= 11 is 0. The molecule has 7 aromatic heterocycles. The summed E-state index contributed by atoms with van der Waals surface area (Å²) in [6.45, 7) is 0. The first kappa shape index (κ1) is 30.0. The third-order valence-electron chi connectivity index (χ3n) is 5.60. The van der Waals surface area contributed by atoms with Crippen LogP contribution in [-0.4, -0.2) is 29.9 Å². The van der Waals surface area contributed by atoms with Crippen LogP contribution in [-0.2, 0) is 17.1 Å². The molecule has 0 aliphatic carbocycles. The van der Waals surface area contributed by atoms with E-state index in [1.54, 1.807) is 0 Å². The molecule has 0 atom stereocenters. The molecule has 0 saturated heterocycles. The topological polar surface area (TPSA) is 106 Å². The average Bonchev–Trinajstić information content (AvgIpc) is 3.73. The van der Waals surface area contributed by atoms with Crippen LogP contribution < -0.4 is 9.97 Å². The average molecular weight is 863 g/mol. The van der Waals surface area contributed by atoms with Gasteiger partial charge in [0.2, 0.25) is 0 Å². The van der Waals surface area contributed by atoms with Gasteiger partial charge in [0, 0.05) is 64.2 Å². The minimum atomic E-state index is 0. The second-order valence-electron chi connectivity index (χ2n) is 7.79. The zero-order chi connectivity index (χ0) is 26.2. The number of fused-ring (bicyclic) bond motifs is 20. The van der Waals surface area contributed by atoms with Gasteiger partial charge in [0.25, 0.3) is 0 Å². The van der Waals surface area contributed by atoms with E-state index in [0.29, 0.717) is 0 Å². The van der Waals surface area contributed by atoms with Gasteiger partial charge in [-0.1, -0.05) is 0 Å². The molecule has 0 unspecified atom stereocenters. The smallest absolute Gasteiger partial charge is 0.356 e. The molecule has 9 heterocycles. The van der Waals surface area contributed by atoms with Crippen molar-refractivity contribution in [3.63, 3.8) is 0 Å². The summed E-state index contributed by atoms with van der Waals surface area (Å²) in [4.78, 5) is 40.6. The Kier molecular flexibility index (Phi) is 9.28. The summed E-state index contributed by atoms with van der Waals surface area (Å²) in [6.07, 6.45) is 0. The van der Waals surface area contributed by atoms with Crippen LogP contribution in [0.1, 0.15) is 0 Å². The minimum absolute atomic E-state index is 0. The van der Waals surface area contributed by atoms with Crippen molar-refractivity contribution in [2.45, 2.75) is 0 Å². The second kappa shape index (κ2) is 12.7. The molecule has 25 heteroatoms. The van der Waals surface area contributed by atoms with Crippen molar-refractivity contribution >= 4 is 166 Å². The van der Waals surface area contributed by atoms with E-state index in [-0.39, 0.29) is 17.1 Å². The van der Waals surface area contributed by atoms with Gasteiger partial charge in [-0.15, -0.1) is 0 Å². The summed E-state index contributed by atoms with van der Waals surface area (Å²) in [5.74, 6) is 2.98. The van der Waals surface area contributed by atoms with E-state index in [9.17, 15) is 0 Å². The van der Waals surface area contributed by atoms with Crippen LogP contribution in [0, 0.1) is 0 Å². The molecule has 0 amide bonds. The van der Waals surface area contributed by atoms with Crippen molar-refractivity contribution in [1.29, 1.82) is 0 Å². The zero-order valence-electron chi connectivity index (χ0n) is 19.0. The molecule has 8 nitrogen and oxygen atoms in total. The Labute approximate surface area is 265 Å². The van der Waals surface area contributed by atoms with Crippen LogP contribution in [0.25, 0.3) is 87.5 Å². The van der Waals surface area contributed by atoms with Crippen LogP contribution in [0.2, 0.25) is 0 Å². The van der Waals surface area contributed by atoms with E-state index < -0.39 is 0 Å². The Balaban J connectivity index is 0.00000256. The quantitative estimate of drug-likeness (QED) is 0.139. The van der Waals surface area contributed by atoms with Gasteiger partial charge in [0.1, 0.15) is 0 Å². The molecule has 9 rings (SSSR count). The zero-order valence-corrected chi connectivity index (χ0v) is 34.3. The SMILES string of the molecule is [Cu+2].n1c2nc3[n-]c(nc4nc(nc5[n-]c(nc1-c1ppppc1-2)c1ppppc51)-c1ppppc1-4)c1ppppc31. The predicted molar refractivity (Wildman–Crippen MR) is 194 cm³/mol. The number of aromatic nitrogens is 8. The third kappa shape index (κ3) is 5.44. The maximum absolute atomic E-state index is 5.12. The van der Waals surface area contributed by atoms with E-state index >= 15 is 0 Å². The molecule has 1 radical (unpaired) electrons. The molecule has 195 valence electrons. The van der Waals surface area contributed by atoms with Crippen molar-refractivity contribution in [2.75, 3.05) is 0 Å². The van der Waals surface area contributed by atoms with Crippen molar-refractivity contribution in [3.8, 4) is 44.5 Å². The summed E-state index contributed by atoms with van der Waals surface area (Å²) in [5.41, 5.74) is 2.98.